The summed E-state index contributed by atoms with van der Waals surface area (Å²) < 4.78 is 26.1. The van der Waals surface area contributed by atoms with Crippen LogP contribution in [0, 0.1) is 11.3 Å². The smallest absolute Gasteiger partial charge is 0.254 e. The van der Waals surface area contributed by atoms with E-state index in [9.17, 15) is 18.0 Å². The molecule has 7 nitrogen and oxygen atoms in total. The van der Waals surface area contributed by atoms with E-state index in [2.05, 4.69) is 5.32 Å². The summed E-state index contributed by atoms with van der Waals surface area (Å²) in [6.07, 6.45) is -0.0391. The summed E-state index contributed by atoms with van der Waals surface area (Å²) in [7, 11) is -3.69. The van der Waals surface area contributed by atoms with Gasteiger partial charge in [0, 0.05) is 17.1 Å². The fourth-order valence-electron chi connectivity index (χ4n) is 3.47. The van der Waals surface area contributed by atoms with Crippen LogP contribution in [0.15, 0.2) is 54.6 Å². The van der Waals surface area contributed by atoms with Crippen LogP contribution in [-0.2, 0) is 20.4 Å². The van der Waals surface area contributed by atoms with Gasteiger partial charge in [-0.1, -0.05) is 48.0 Å². The zero-order chi connectivity index (χ0) is 21.7. The number of sulfone groups is 1. The zero-order valence-corrected chi connectivity index (χ0v) is 17.6. The molecule has 0 radical (unpaired) electrons. The minimum atomic E-state index is -3.69. The molecule has 1 fully saturated rings. The molecule has 0 saturated carbocycles. The van der Waals surface area contributed by atoms with Gasteiger partial charge in [-0.15, -0.1) is 0 Å². The standard InChI is InChI=1S/C21H20ClN3O4S/c22-18-9-5-4-8-16(18)14-30(28,29)17-12-19(20(26)24-11-10-23)25(13-17)21(27)15-6-2-1-3-7-15/h1-9,17,19H,11-14H2,(H,24,26). The lowest BCUT2D eigenvalue weighted by Crippen LogP contribution is -2.46. The fourth-order valence-corrected chi connectivity index (χ4v) is 5.54. The minimum absolute atomic E-state index is 0.0391. The molecule has 156 valence electrons. The van der Waals surface area contributed by atoms with Crippen LogP contribution in [0.4, 0.5) is 0 Å². The van der Waals surface area contributed by atoms with E-state index >= 15 is 0 Å². The average molecular weight is 446 g/mol. The van der Waals surface area contributed by atoms with E-state index in [0.717, 1.165) is 0 Å². The Labute approximate surface area is 180 Å². The van der Waals surface area contributed by atoms with Gasteiger partial charge in [-0.25, -0.2) is 8.42 Å². The van der Waals surface area contributed by atoms with Crippen molar-refractivity contribution in [1.82, 2.24) is 10.2 Å². The third-order valence-electron chi connectivity index (χ3n) is 5.01. The summed E-state index contributed by atoms with van der Waals surface area (Å²) in [5.41, 5.74) is 0.831. The highest BCUT2D eigenvalue weighted by atomic mass is 35.5. The van der Waals surface area contributed by atoms with Crippen LogP contribution in [0.2, 0.25) is 5.02 Å². The van der Waals surface area contributed by atoms with E-state index in [1.807, 2.05) is 6.07 Å². The number of rotatable bonds is 6. The first-order valence-corrected chi connectivity index (χ1v) is 11.4. The molecule has 2 aromatic rings. The molecule has 2 unspecified atom stereocenters. The third-order valence-corrected chi connectivity index (χ3v) is 7.45. The summed E-state index contributed by atoms with van der Waals surface area (Å²) in [5, 5.41) is 10.6. The van der Waals surface area contributed by atoms with E-state index < -0.39 is 32.9 Å². The highest BCUT2D eigenvalue weighted by molar-refractivity contribution is 7.91. The largest absolute Gasteiger partial charge is 0.341 e. The van der Waals surface area contributed by atoms with E-state index in [1.165, 1.54) is 4.90 Å². The number of carbonyl (C=O) groups excluding carboxylic acids is 2. The second-order valence-corrected chi connectivity index (χ2v) is 9.66. The number of carbonyl (C=O) groups is 2. The van der Waals surface area contributed by atoms with Crippen LogP contribution in [0.5, 0.6) is 0 Å². The Morgan fingerprint density at radius 3 is 2.47 bits per heavy atom. The van der Waals surface area contributed by atoms with Gasteiger partial charge in [0.05, 0.1) is 17.1 Å². The fraction of sp³-hybridized carbons (Fsp3) is 0.286. The maximum atomic E-state index is 13.1. The first-order chi connectivity index (χ1) is 14.3. The number of hydrogen-bond donors (Lipinski definition) is 1. The molecular weight excluding hydrogens is 426 g/mol. The Morgan fingerprint density at radius 1 is 1.13 bits per heavy atom. The number of hydrogen-bond acceptors (Lipinski definition) is 5. The normalized spacial score (nSPS) is 18.6. The van der Waals surface area contributed by atoms with Gasteiger partial charge < -0.3 is 10.2 Å². The Morgan fingerprint density at radius 2 is 1.80 bits per heavy atom. The van der Waals surface area contributed by atoms with Gasteiger partial charge in [-0.05, 0) is 30.2 Å². The van der Waals surface area contributed by atoms with Crippen molar-refractivity contribution in [2.75, 3.05) is 13.1 Å². The second kappa shape index (κ2) is 9.28. The maximum absolute atomic E-state index is 13.1. The van der Waals surface area contributed by atoms with Crippen molar-refractivity contribution in [2.45, 2.75) is 23.5 Å². The van der Waals surface area contributed by atoms with E-state index in [0.29, 0.717) is 16.1 Å². The molecular formula is C21H20ClN3O4S. The maximum Gasteiger partial charge on any atom is 0.254 e. The summed E-state index contributed by atoms with van der Waals surface area (Å²) in [5.74, 6) is -1.25. The van der Waals surface area contributed by atoms with Crippen molar-refractivity contribution < 1.29 is 18.0 Å². The molecule has 2 amide bonds. The molecule has 0 spiro atoms. The number of halogens is 1. The molecule has 1 heterocycles. The lowest BCUT2D eigenvalue weighted by molar-refractivity contribution is -0.124. The van der Waals surface area contributed by atoms with Crippen LogP contribution in [-0.4, -0.2) is 49.5 Å². The molecule has 3 rings (SSSR count). The molecule has 1 saturated heterocycles. The average Bonchev–Trinajstić information content (AvgIpc) is 3.20. The molecule has 1 N–H and O–H groups in total. The lowest BCUT2D eigenvalue weighted by Gasteiger charge is -2.23. The van der Waals surface area contributed by atoms with E-state index in [1.54, 1.807) is 54.6 Å². The van der Waals surface area contributed by atoms with Crippen molar-refractivity contribution in [2.24, 2.45) is 0 Å². The number of likely N-dealkylation sites (tertiary alicyclic amines) is 1. The summed E-state index contributed by atoms with van der Waals surface area (Å²) in [4.78, 5) is 26.8. The van der Waals surface area contributed by atoms with Crippen LogP contribution in [0.25, 0.3) is 0 Å². The van der Waals surface area contributed by atoms with Crippen LogP contribution in [0.1, 0.15) is 22.3 Å². The molecule has 9 heteroatoms. The van der Waals surface area contributed by atoms with Gasteiger partial charge >= 0.3 is 0 Å². The van der Waals surface area contributed by atoms with Gasteiger partial charge in [-0.3, -0.25) is 9.59 Å². The number of nitriles is 1. The van der Waals surface area contributed by atoms with Crippen molar-refractivity contribution in [1.29, 1.82) is 5.26 Å². The first kappa shape index (κ1) is 21.8. The van der Waals surface area contributed by atoms with Crippen molar-refractivity contribution in [3.63, 3.8) is 0 Å². The van der Waals surface area contributed by atoms with Gasteiger partial charge in [0.1, 0.15) is 12.6 Å². The highest BCUT2D eigenvalue weighted by Crippen LogP contribution is 2.29. The third kappa shape index (κ3) is 4.81. The summed E-state index contributed by atoms with van der Waals surface area (Å²) in [6.45, 7) is -0.328. The number of amides is 2. The topological polar surface area (TPSA) is 107 Å². The molecule has 0 bridgehead atoms. The monoisotopic (exact) mass is 445 g/mol. The SMILES string of the molecule is N#CCNC(=O)C1CC(S(=O)(=O)Cc2ccccc2Cl)CN1C(=O)c1ccccc1. The van der Waals surface area contributed by atoms with Gasteiger partial charge in [0.25, 0.3) is 5.91 Å². The van der Waals surface area contributed by atoms with Crippen molar-refractivity contribution in [3.05, 3.63) is 70.7 Å². The van der Waals surface area contributed by atoms with Crippen LogP contribution >= 0.6 is 11.6 Å². The molecule has 1 aliphatic rings. The lowest BCUT2D eigenvalue weighted by atomic mass is 10.1. The summed E-state index contributed by atoms with van der Waals surface area (Å²) >= 11 is 6.11. The number of nitrogens with one attached hydrogen (secondary N) is 1. The Balaban J connectivity index is 1.87. The first-order valence-electron chi connectivity index (χ1n) is 9.29. The van der Waals surface area contributed by atoms with Crippen LogP contribution < -0.4 is 5.32 Å². The predicted octanol–water partition coefficient (Wildman–Crippen LogP) is 2.18. The zero-order valence-electron chi connectivity index (χ0n) is 16.0. The van der Waals surface area contributed by atoms with Gasteiger partial charge in [0.2, 0.25) is 5.91 Å². The van der Waals surface area contributed by atoms with E-state index in [-0.39, 0.29) is 25.3 Å². The molecule has 1 aliphatic heterocycles. The van der Waals surface area contributed by atoms with Crippen molar-refractivity contribution in [3.8, 4) is 6.07 Å². The molecule has 0 aromatic heterocycles. The predicted molar refractivity (Wildman–Crippen MR) is 112 cm³/mol. The number of nitrogens with zero attached hydrogens (tertiary/aromatic N) is 2. The minimum Gasteiger partial charge on any atom is -0.341 e. The second-order valence-electron chi connectivity index (χ2n) is 6.97. The molecule has 0 aliphatic carbocycles. The van der Waals surface area contributed by atoms with Gasteiger partial charge in [0.15, 0.2) is 9.84 Å². The van der Waals surface area contributed by atoms with Crippen molar-refractivity contribution >= 4 is 33.3 Å². The number of benzene rings is 2. The quantitative estimate of drug-likeness (QED) is 0.685. The van der Waals surface area contributed by atoms with Gasteiger partial charge in [-0.2, -0.15) is 5.26 Å². The molecule has 2 aromatic carbocycles. The van der Waals surface area contributed by atoms with E-state index in [4.69, 9.17) is 16.9 Å². The molecule has 2 atom stereocenters. The van der Waals surface area contributed by atoms with Crippen LogP contribution in [0.3, 0.4) is 0 Å². The Hall–Kier alpha value is -2.89. The Kier molecular flexibility index (Phi) is 6.75. The summed E-state index contributed by atoms with van der Waals surface area (Å²) in [6, 6.07) is 15.9. The highest BCUT2D eigenvalue weighted by Gasteiger charge is 2.44. The Bertz CT molecular complexity index is 1080. The molecule has 30 heavy (non-hydrogen) atoms.